The molecule has 2 N–H and O–H groups in total. The number of aromatic carboxylic acids is 1. The van der Waals surface area contributed by atoms with Crippen LogP contribution in [0.25, 0.3) is 0 Å². The van der Waals surface area contributed by atoms with Gasteiger partial charge in [0.05, 0.1) is 0 Å². The number of rotatable bonds is 1. The van der Waals surface area contributed by atoms with Gasteiger partial charge in [0.15, 0.2) is 0 Å². The van der Waals surface area contributed by atoms with Crippen molar-refractivity contribution in [1.29, 1.82) is 0 Å². The third kappa shape index (κ3) is 1.49. The van der Waals surface area contributed by atoms with Crippen LogP contribution < -0.4 is 0 Å². The van der Waals surface area contributed by atoms with Crippen LogP contribution >= 0.6 is 0 Å². The minimum atomic E-state index is -2.69. The number of hydrogen-bond donors (Lipinski definition) is 2. The molecule has 1 aliphatic rings. The SMILES string of the molecule is O=C(O)c1cc2c([nH]1)CCC(F)(F)C2. The normalized spacial score (nSPS) is 19.0. The van der Waals surface area contributed by atoms with Crippen molar-refractivity contribution in [2.75, 3.05) is 0 Å². The van der Waals surface area contributed by atoms with Crippen LogP contribution in [-0.2, 0) is 12.8 Å². The zero-order valence-electron chi connectivity index (χ0n) is 7.31. The van der Waals surface area contributed by atoms with Gasteiger partial charge in [0, 0.05) is 18.5 Å². The first-order valence-corrected chi connectivity index (χ1v) is 4.30. The molecule has 1 aromatic rings. The predicted molar refractivity (Wildman–Crippen MR) is 44.7 cm³/mol. The molecule has 1 aromatic heterocycles. The molecule has 1 heterocycles. The van der Waals surface area contributed by atoms with Crippen LogP contribution in [0.3, 0.4) is 0 Å². The van der Waals surface area contributed by atoms with Gasteiger partial charge < -0.3 is 10.1 Å². The first kappa shape index (κ1) is 9.18. The zero-order valence-corrected chi connectivity index (χ0v) is 7.31. The quantitative estimate of drug-likeness (QED) is 0.728. The number of alkyl halides is 2. The Labute approximate surface area is 78.7 Å². The van der Waals surface area contributed by atoms with E-state index in [4.69, 9.17) is 5.11 Å². The highest BCUT2D eigenvalue weighted by Gasteiger charge is 2.35. The molecule has 0 fully saturated rings. The Morgan fingerprint density at radius 1 is 1.57 bits per heavy atom. The molecule has 0 atom stereocenters. The second-order valence-electron chi connectivity index (χ2n) is 3.52. The highest BCUT2D eigenvalue weighted by molar-refractivity contribution is 5.86. The molecule has 0 saturated carbocycles. The monoisotopic (exact) mass is 201 g/mol. The minimum absolute atomic E-state index is 0.00676. The standard InChI is InChI=1S/C9H9F2NO2/c10-9(11)2-1-6-5(4-9)3-7(12-6)8(13)14/h3,12H,1-2,4H2,(H,13,14). The lowest BCUT2D eigenvalue weighted by Crippen LogP contribution is -2.25. The van der Waals surface area contributed by atoms with Gasteiger partial charge >= 0.3 is 5.97 Å². The maximum Gasteiger partial charge on any atom is 0.352 e. The van der Waals surface area contributed by atoms with Gasteiger partial charge in [-0.05, 0) is 18.1 Å². The molecule has 0 amide bonds. The fraction of sp³-hybridized carbons (Fsp3) is 0.444. The van der Waals surface area contributed by atoms with Crippen LogP contribution in [0.2, 0.25) is 0 Å². The molecular weight excluding hydrogens is 192 g/mol. The van der Waals surface area contributed by atoms with Crippen LogP contribution in [0.5, 0.6) is 0 Å². The number of aromatic nitrogens is 1. The highest BCUT2D eigenvalue weighted by atomic mass is 19.3. The molecule has 0 aliphatic heterocycles. The van der Waals surface area contributed by atoms with E-state index in [1.165, 1.54) is 6.07 Å². The van der Waals surface area contributed by atoms with Gasteiger partial charge in [-0.2, -0.15) is 0 Å². The van der Waals surface area contributed by atoms with Gasteiger partial charge in [0.1, 0.15) is 5.69 Å². The molecule has 3 nitrogen and oxygen atoms in total. The van der Waals surface area contributed by atoms with Crippen molar-refractivity contribution in [2.24, 2.45) is 0 Å². The van der Waals surface area contributed by atoms with E-state index in [-0.39, 0.29) is 25.0 Å². The summed E-state index contributed by atoms with van der Waals surface area (Å²) in [6, 6.07) is 1.30. The van der Waals surface area contributed by atoms with E-state index in [2.05, 4.69) is 4.98 Å². The van der Waals surface area contributed by atoms with Crippen molar-refractivity contribution < 1.29 is 18.7 Å². The number of nitrogens with one attached hydrogen (secondary N) is 1. The third-order valence-corrected chi connectivity index (χ3v) is 2.41. The Morgan fingerprint density at radius 3 is 2.93 bits per heavy atom. The van der Waals surface area contributed by atoms with Crippen LogP contribution in [0.15, 0.2) is 6.07 Å². The van der Waals surface area contributed by atoms with E-state index in [9.17, 15) is 13.6 Å². The van der Waals surface area contributed by atoms with Gasteiger partial charge in [-0.3, -0.25) is 0 Å². The highest BCUT2D eigenvalue weighted by Crippen LogP contribution is 2.32. The molecule has 5 heteroatoms. The Balaban J connectivity index is 2.34. The van der Waals surface area contributed by atoms with Crippen LogP contribution in [0, 0.1) is 0 Å². The molecule has 14 heavy (non-hydrogen) atoms. The van der Waals surface area contributed by atoms with Crippen molar-refractivity contribution >= 4 is 5.97 Å². The van der Waals surface area contributed by atoms with Crippen molar-refractivity contribution in [3.63, 3.8) is 0 Å². The summed E-state index contributed by atoms with van der Waals surface area (Å²) in [5.74, 6) is -3.80. The number of aryl methyl sites for hydroxylation is 1. The Hall–Kier alpha value is -1.39. The summed E-state index contributed by atoms with van der Waals surface area (Å²) < 4.78 is 25.9. The number of H-pyrrole nitrogens is 1. The summed E-state index contributed by atoms with van der Waals surface area (Å²) >= 11 is 0. The first-order chi connectivity index (χ1) is 6.48. The smallest absolute Gasteiger partial charge is 0.352 e. The second-order valence-corrected chi connectivity index (χ2v) is 3.52. The van der Waals surface area contributed by atoms with Crippen molar-refractivity contribution in [3.05, 3.63) is 23.0 Å². The number of carbonyl (C=O) groups is 1. The molecule has 0 radical (unpaired) electrons. The van der Waals surface area contributed by atoms with E-state index in [1.807, 2.05) is 0 Å². The lowest BCUT2D eigenvalue weighted by molar-refractivity contribution is -0.0124. The second kappa shape index (κ2) is 2.80. The van der Waals surface area contributed by atoms with E-state index in [0.29, 0.717) is 11.3 Å². The number of halogens is 2. The molecule has 1 aliphatic carbocycles. The van der Waals surface area contributed by atoms with Crippen LogP contribution in [0.4, 0.5) is 8.78 Å². The number of aromatic amines is 1. The van der Waals surface area contributed by atoms with Crippen molar-refractivity contribution in [1.82, 2.24) is 4.98 Å². The largest absolute Gasteiger partial charge is 0.477 e. The summed E-state index contributed by atoms with van der Waals surface area (Å²) in [5, 5.41) is 8.65. The summed E-state index contributed by atoms with van der Waals surface area (Å²) in [6.45, 7) is 0. The molecule has 2 rings (SSSR count). The third-order valence-electron chi connectivity index (χ3n) is 2.41. The van der Waals surface area contributed by atoms with E-state index in [0.717, 1.165) is 0 Å². The van der Waals surface area contributed by atoms with Crippen LogP contribution in [-0.4, -0.2) is 22.0 Å². The molecule has 0 saturated heterocycles. The van der Waals surface area contributed by atoms with E-state index in [1.54, 1.807) is 0 Å². The topological polar surface area (TPSA) is 53.1 Å². The van der Waals surface area contributed by atoms with Crippen LogP contribution in [0.1, 0.15) is 28.2 Å². The number of fused-ring (bicyclic) bond motifs is 1. The zero-order chi connectivity index (χ0) is 10.3. The molecule has 76 valence electrons. The Morgan fingerprint density at radius 2 is 2.29 bits per heavy atom. The van der Waals surface area contributed by atoms with Gasteiger partial charge in [0.25, 0.3) is 5.92 Å². The number of hydrogen-bond acceptors (Lipinski definition) is 1. The van der Waals surface area contributed by atoms with E-state index < -0.39 is 11.9 Å². The molecule has 0 unspecified atom stereocenters. The Kier molecular flexibility index (Phi) is 1.83. The summed E-state index contributed by atoms with van der Waals surface area (Å²) in [4.78, 5) is 13.2. The predicted octanol–water partition coefficient (Wildman–Crippen LogP) is 1.84. The number of carboxylic acid groups (broad SMARTS) is 1. The first-order valence-electron chi connectivity index (χ1n) is 4.30. The minimum Gasteiger partial charge on any atom is -0.477 e. The van der Waals surface area contributed by atoms with Crippen molar-refractivity contribution in [3.8, 4) is 0 Å². The fourth-order valence-electron chi connectivity index (χ4n) is 1.71. The van der Waals surface area contributed by atoms with Gasteiger partial charge in [-0.25, -0.2) is 13.6 Å². The fourth-order valence-corrected chi connectivity index (χ4v) is 1.71. The molecular formula is C9H9F2NO2. The molecule has 0 aromatic carbocycles. The van der Waals surface area contributed by atoms with Gasteiger partial charge in [0.2, 0.25) is 0 Å². The average Bonchev–Trinajstić information content (AvgIpc) is 2.45. The maximum atomic E-state index is 12.9. The molecule has 0 bridgehead atoms. The number of carboxylic acids is 1. The lowest BCUT2D eigenvalue weighted by Gasteiger charge is -2.21. The summed E-state index contributed by atoms with van der Waals surface area (Å²) in [6.07, 6.45) is -0.346. The van der Waals surface area contributed by atoms with Gasteiger partial charge in [-0.1, -0.05) is 0 Å². The summed E-state index contributed by atoms with van der Waals surface area (Å²) in [7, 11) is 0. The Bertz CT molecular complexity index is 384. The van der Waals surface area contributed by atoms with Gasteiger partial charge in [-0.15, -0.1) is 0 Å². The lowest BCUT2D eigenvalue weighted by atomic mass is 9.95. The van der Waals surface area contributed by atoms with Crippen molar-refractivity contribution in [2.45, 2.75) is 25.2 Å². The van der Waals surface area contributed by atoms with E-state index >= 15 is 0 Å². The average molecular weight is 201 g/mol. The molecule has 0 spiro atoms. The summed E-state index contributed by atoms with van der Waals surface area (Å²) in [5.41, 5.74) is 1.06. The maximum absolute atomic E-state index is 12.9.